The van der Waals surface area contributed by atoms with Crippen molar-refractivity contribution in [2.45, 2.75) is 6.92 Å². The molecule has 0 fully saturated rings. The van der Waals surface area contributed by atoms with Crippen LogP contribution in [0.5, 0.6) is 5.75 Å². The third-order valence-electron chi connectivity index (χ3n) is 3.92. The number of pyridine rings is 1. The summed E-state index contributed by atoms with van der Waals surface area (Å²) in [6.07, 6.45) is 0. The summed E-state index contributed by atoms with van der Waals surface area (Å²) in [5.74, 6) is 0.303. The lowest BCUT2D eigenvalue weighted by Gasteiger charge is -2.08. The van der Waals surface area contributed by atoms with Crippen molar-refractivity contribution >= 4 is 29.0 Å². The minimum absolute atomic E-state index is 0.123. The van der Waals surface area contributed by atoms with Crippen LogP contribution in [0.25, 0.3) is 11.3 Å². The number of benzene rings is 2. The third-order valence-corrected chi connectivity index (χ3v) is 4.21. The monoisotopic (exact) mass is 380 g/mol. The van der Waals surface area contributed by atoms with Gasteiger partial charge in [0.2, 0.25) is 5.91 Å². The molecule has 2 aromatic carbocycles. The van der Waals surface area contributed by atoms with Crippen LogP contribution in [-0.4, -0.2) is 23.8 Å². The van der Waals surface area contributed by atoms with Crippen LogP contribution in [0.3, 0.4) is 0 Å². The first-order valence-corrected chi connectivity index (χ1v) is 8.59. The predicted octanol–water partition coefficient (Wildman–Crippen LogP) is 4.60. The number of aromatic nitrogens is 1. The van der Waals surface area contributed by atoms with Crippen LogP contribution in [0, 0.1) is 0 Å². The van der Waals surface area contributed by atoms with Crippen LogP contribution in [0.1, 0.15) is 22.8 Å². The van der Waals surface area contributed by atoms with E-state index in [1.807, 2.05) is 12.1 Å². The van der Waals surface area contributed by atoms with Crippen molar-refractivity contribution in [1.82, 2.24) is 4.98 Å². The molecule has 27 heavy (non-hydrogen) atoms. The van der Waals surface area contributed by atoms with Gasteiger partial charge in [-0.15, -0.1) is 0 Å². The van der Waals surface area contributed by atoms with Gasteiger partial charge in [0.1, 0.15) is 10.9 Å². The Morgan fingerprint density at radius 3 is 2.41 bits per heavy atom. The average molecular weight is 381 g/mol. The summed E-state index contributed by atoms with van der Waals surface area (Å²) in [6, 6.07) is 17.4. The summed E-state index contributed by atoms with van der Waals surface area (Å²) in [6.45, 7) is 1.45. The van der Waals surface area contributed by atoms with Gasteiger partial charge in [0, 0.05) is 23.7 Å². The van der Waals surface area contributed by atoms with Gasteiger partial charge in [-0.05, 0) is 48.5 Å². The van der Waals surface area contributed by atoms with E-state index in [-0.39, 0.29) is 16.8 Å². The molecular weight excluding hydrogens is 364 g/mol. The first kappa shape index (κ1) is 18.6. The fourth-order valence-corrected chi connectivity index (χ4v) is 2.86. The van der Waals surface area contributed by atoms with E-state index in [1.165, 1.54) is 6.92 Å². The van der Waals surface area contributed by atoms with Crippen LogP contribution in [0.4, 0.5) is 5.69 Å². The Morgan fingerprint density at radius 1 is 1.04 bits per heavy atom. The molecule has 0 bridgehead atoms. The van der Waals surface area contributed by atoms with Gasteiger partial charge >= 0.3 is 0 Å². The Balaban J connectivity index is 1.89. The standard InChI is InChI=1S/C21H17ClN2O3/c1-13(25)23-16-5-3-4-15(12-16)19-11-10-18(21(22)24-19)20(26)14-6-8-17(27-2)9-7-14/h3-12H,1-2H3,(H,23,25). The van der Waals surface area contributed by atoms with Gasteiger partial charge < -0.3 is 10.1 Å². The molecule has 1 amide bonds. The van der Waals surface area contributed by atoms with E-state index in [2.05, 4.69) is 10.3 Å². The SMILES string of the molecule is COc1ccc(C(=O)c2ccc(-c3cccc(NC(C)=O)c3)nc2Cl)cc1. The molecule has 5 nitrogen and oxygen atoms in total. The highest BCUT2D eigenvalue weighted by Gasteiger charge is 2.15. The zero-order valence-corrected chi connectivity index (χ0v) is 15.6. The molecule has 3 aromatic rings. The minimum Gasteiger partial charge on any atom is -0.497 e. The third kappa shape index (κ3) is 4.33. The summed E-state index contributed by atoms with van der Waals surface area (Å²) < 4.78 is 5.10. The molecule has 0 spiro atoms. The van der Waals surface area contributed by atoms with E-state index in [9.17, 15) is 9.59 Å². The van der Waals surface area contributed by atoms with Crippen molar-refractivity contribution < 1.29 is 14.3 Å². The van der Waals surface area contributed by atoms with Gasteiger partial charge in [-0.2, -0.15) is 0 Å². The highest BCUT2D eigenvalue weighted by atomic mass is 35.5. The van der Waals surface area contributed by atoms with E-state index in [4.69, 9.17) is 16.3 Å². The molecule has 0 saturated carbocycles. The smallest absolute Gasteiger partial charge is 0.221 e. The molecule has 0 saturated heterocycles. The number of hydrogen-bond acceptors (Lipinski definition) is 4. The second kappa shape index (κ2) is 8.01. The Morgan fingerprint density at radius 2 is 1.78 bits per heavy atom. The molecule has 0 radical (unpaired) electrons. The number of methoxy groups -OCH3 is 1. The van der Waals surface area contributed by atoms with Crippen LogP contribution < -0.4 is 10.1 Å². The van der Waals surface area contributed by atoms with Gasteiger partial charge in [0.05, 0.1) is 18.4 Å². The van der Waals surface area contributed by atoms with Gasteiger partial charge in [-0.3, -0.25) is 9.59 Å². The van der Waals surface area contributed by atoms with Gasteiger partial charge in [-0.25, -0.2) is 4.98 Å². The summed E-state index contributed by atoms with van der Waals surface area (Å²) >= 11 is 6.28. The van der Waals surface area contributed by atoms with Crippen molar-refractivity contribution in [1.29, 1.82) is 0 Å². The fraction of sp³-hybridized carbons (Fsp3) is 0.0952. The van der Waals surface area contributed by atoms with E-state index in [0.717, 1.165) is 5.56 Å². The van der Waals surface area contributed by atoms with Crippen LogP contribution in [-0.2, 0) is 4.79 Å². The largest absolute Gasteiger partial charge is 0.497 e. The molecule has 136 valence electrons. The number of carbonyl (C=O) groups is 2. The van der Waals surface area contributed by atoms with Gasteiger partial charge in [-0.1, -0.05) is 23.7 Å². The van der Waals surface area contributed by atoms with E-state index < -0.39 is 0 Å². The number of nitrogens with zero attached hydrogens (tertiary/aromatic N) is 1. The lowest BCUT2D eigenvalue weighted by Crippen LogP contribution is -2.06. The highest BCUT2D eigenvalue weighted by Crippen LogP contribution is 2.26. The average Bonchev–Trinajstić information content (AvgIpc) is 2.67. The summed E-state index contributed by atoms with van der Waals surface area (Å²) in [7, 11) is 1.57. The number of ketones is 1. The number of ether oxygens (including phenoxy) is 1. The molecule has 6 heteroatoms. The maximum Gasteiger partial charge on any atom is 0.221 e. The predicted molar refractivity (Wildman–Crippen MR) is 105 cm³/mol. The zero-order valence-electron chi connectivity index (χ0n) is 14.8. The van der Waals surface area contributed by atoms with E-state index in [1.54, 1.807) is 55.6 Å². The maximum atomic E-state index is 12.7. The number of nitrogens with one attached hydrogen (secondary N) is 1. The molecule has 1 heterocycles. The minimum atomic E-state index is -0.214. The fourth-order valence-electron chi connectivity index (χ4n) is 2.62. The second-order valence-electron chi connectivity index (χ2n) is 5.85. The number of anilines is 1. The Kier molecular flexibility index (Phi) is 5.52. The Bertz CT molecular complexity index is 1000. The van der Waals surface area contributed by atoms with Gasteiger partial charge in [0.25, 0.3) is 0 Å². The quantitative estimate of drug-likeness (QED) is 0.518. The Hall–Kier alpha value is -3.18. The number of hydrogen-bond donors (Lipinski definition) is 1. The molecule has 3 rings (SSSR count). The van der Waals surface area contributed by atoms with Crippen LogP contribution >= 0.6 is 11.6 Å². The van der Waals surface area contributed by atoms with Gasteiger partial charge in [0.15, 0.2) is 5.78 Å². The van der Waals surface area contributed by atoms with Crippen LogP contribution in [0.2, 0.25) is 5.15 Å². The second-order valence-corrected chi connectivity index (χ2v) is 6.21. The molecular formula is C21H17ClN2O3. The number of halogens is 1. The molecule has 0 aliphatic heterocycles. The maximum absolute atomic E-state index is 12.7. The molecule has 0 unspecified atom stereocenters. The van der Waals surface area contributed by atoms with Crippen LogP contribution in [0.15, 0.2) is 60.7 Å². The van der Waals surface area contributed by atoms with E-state index in [0.29, 0.717) is 28.3 Å². The molecule has 1 N–H and O–H groups in total. The molecule has 0 aliphatic carbocycles. The normalized spacial score (nSPS) is 10.3. The van der Waals surface area contributed by atoms with Crippen molar-refractivity contribution in [3.8, 4) is 17.0 Å². The van der Waals surface area contributed by atoms with E-state index >= 15 is 0 Å². The Labute approximate surface area is 162 Å². The number of rotatable bonds is 5. The van der Waals surface area contributed by atoms with Crippen molar-refractivity contribution in [2.75, 3.05) is 12.4 Å². The summed E-state index contributed by atoms with van der Waals surface area (Å²) in [5.41, 5.74) is 2.88. The summed E-state index contributed by atoms with van der Waals surface area (Å²) in [4.78, 5) is 28.2. The number of carbonyl (C=O) groups excluding carboxylic acids is 2. The first-order chi connectivity index (χ1) is 13.0. The lowest BCUT2D eigenvalue weighted by molar-refractivity contribution is -0.114. The lowest BCUT2D eigenvalue weighted by atomic mass is 10.0. The molecule has 0 aliphatic rings. The summed E-state index contributed by atoms with van der Waals surface area (Å²) in [5, 5.41) is 2.85. The van der Waals surface area contributed by atoms with Crippen molar-refractivity contribution in [2.24, 2.45) is 0 Å². The molecule has 0 atom stereocenters. The zero-order chi connectivity index (χ0) is 19.4. The van der Waals surface area contributed by atoms with Crippen molar-refractivity contribution in [3.63, 3.8) is 0 Å². The molecule has 1 aromatic heterocycles. The number of amides is 1. The van der Waals surface area contributed by atoms with Crippen molar-refractivity contribution in [3.05, 3.63) is 76.9 Å². The highest BCUT2D eigenvalue weighted by molar-refractivity contribution is 6.34. The first-order valence-electron chi connectivity index (χ1n) is 8.21. The topological polar surface area (TPSA) is 68.3 Å².